The number of rotatable bonds is 3. The fourth-order valence-corrected chi connectivity index (χ4v) is 4.89. The maximum Gasteiger partial charge on any atom is 0.219 e. The van der Waals surface area contributed by atoms with Gasteiger partial charge in [-0.25, -0.2) is 0 Å². The van der Waals surface area contributed by atoms with Gasteiger partial charge in [-0.3, -0.25) is 14.9 Å². The lowest BCUT2D eigenvalue weighted by Gasteiger charge is -2.33. The molecule has 1 spiro atoms. The second kappa shape index (κ2) is 6.72. The van der Waals surface area contributed by atoms with Crippen LogP contribution in [0.4, 0.5) is 5.69 Å². The number of fused-ring (bicyclic) bond motifs is 2. The fraction of sp³-hybridized carbons (Fsp3) is 0.435. The molecule has 1 saturated carbocycles. The van der Waals surface area contributed by atoms with E-state index in [1.165, 1.54) is 11.1 Å². The molecule has 7 heteroatoms. The molecule has 0 unspecified atom stereocenters. The van der Waals surface area contributed by atoms with Crippen molar-refractivity contribution in [2.24, 2.45) is 7.05 Å². The predicted octanol–water partition coefficient (Wildman–Crippen LogP) is 2.64. The number of amides is 1. The second-order valence-electron chi connectivity index (χ2n) is 8.75. The van der Waals surface area contributed by atoms with Gasteiger partial charge in [-0.05, 0) is 36.1 Å². The average Bonchev–Trinajstić information content (AvgIpc) is 3.29. The molecule has 1 fully saturated rings. The highest BCUT2D eigenvalue weighted by atomic mass is 16.2. The van der Waals surface area contributed by atoms with Crippen LogP contribution in [-0.4, -0.2) is 53.1 Å². The van der Waals surface area contributed by atoms with Gasteiger partial charge in [0.25, 0.3) is 0 Å². The first-order chi connectivity index (χ1) is 14.4. The molecule has 3 heterocycles. The van der Waals surface area contributed by atoms with Gasteiger partial charge in [0.05, 0.1) is 12.7 Å². The van der Waals surface area contributed by atoms with Gasteiger partial charge in [-0.1, -0.05) is 6.07 Å². The lowest BCUT2D eigenvalue weighted by atomic mass is 9.95. The summed E-state index contributed by atoms with van der Waals surface area (Å²) in [5.74, 6) is 0.585. The molecule has 5 rings (SSSR count). The van der Waals surface area contributed by atoms with Crippen LogP contribution in [0.15, 0.2) is 41.9 Å². The van der Waals surface area contributed by atoms with Crippen molar-refractivity contribution < 1.29 is 4.79 Å². The topological polar surface area (TPSA) is 77.2 Å². The standard InChI is InChI=1S/C23H28N6O/c1-15(30)28-9-6-20(25-2)18(13-28)22(24)29-14-23(7-8-23)19-10-16(4-5-21(19)29)17-11-26-27(3)12-17/h4-5,10-12,24-25H,6-9,13-14H2,1-3H3. The Balaban J connectivity index is 1.51. The first-order valence-electron chi connectivity index (χ1n) is 10.6. The maximum absolute atomic E-state index is 12.0. The van der Waals surface area contributed by atoms with Crippen molar-refractivity contribution in [1.82, 2.24) is 20.0 Å². The third-order valence-electron chi connectivity index (χ3n) is 6.86. The van der Waals surface area contributed by atoms with Gasteiger partial charge in [0.2, 0.25) is 5.91 Å². The number of aryl methyl sites for hydroxylation is 1. The summed E-state index contributed by atoms with van der Waals surface area (Å²) in [6.07, 6.45) is 7.03. The van der Waals surface area contributed by atoms with E-state index in [1.807, 2.05) is 36.1 Å². The summed E-state index contributed by atoms with van der Waals surface area (Å²) < 4.78 is 1.83. The number of anilines is 1. The first kappa shape index (κ1) is 18.9. The Hall–Kier alpha value is -3.09. The Morgan fingerprint density at radius 3 is 2.70 bits per heavy atom. The van der Waals surface area contributed by atoms with E-state index in [4.69, 9.17) is 5.41 Å². The highest BCUT2D eigenvalue weighted by molar-refractivity contribution is 6.10. The Labute approximate surface area is 176 Å². The number of carbonyl (C=O) groups is 1. The molecule has 0 radical (unpaired) electrons. The van der Waals surface area contributed by atoms with Crippen LogP contribution in [0.1, 0.15) is 31.7 Å². The second-order valence-corrected chi connectivity index (χ2v) is 8.75. The third kappa shape index (κ3) is 2.91. The van der Waals surface area contributed by atoms with Gasteiger partial charge in [-0.15, -0.1) is 0 Å². The van der Waals surface area contributed by atoms with E-state index < -0.39 is 0 Å². The zero-order valence-corrected chi connectivity index (χ0v) is 17.8. The van der Waals surface area contributed by atoms with Crippen LogP contribution in [0.3, 0.4) is 0 Å². The molecule has 1 amide bonds. The van der Waals surface area contributed by atoms with Crippen LogP contribution in [0.5, 0.6) is 0 Å². The number of aromatic nitrogens is 2. The fourth-order valence-electron chi connectivity index (χ4n) is 4.89. The minimum Gasteiger partial charge on any atom is -0.391 e. The average molecular weight is 405 g/mol. The molecule has 2 N–H and O–H groups in total. The largest absolute Gasteiger partial charge is 0.391 e. The van der Waals surface area contributed by atoms with E-state index in [2.05, 4.69) is 33.5 Å². The lowest BCUT2D eigenvalue weighted by molar-refractivity contribution is -0.128. The molecule has 1 aromatic carbocycles. The van der Waals surface area contributed by atoms with Gasteiger partial charge < -0.3 is 15.1 Å². The van der Waals surface area contributed by atoms with Gasteiger partial charge in [0.15, 0.2) is 0 Å². The lowest BCUT2D eigenvalue weighted by Crippen LogP contribution is -2.43. The minimum atomic E-state index is 0.0667. The molecular weight excluding hydrogens is 376 g/mol. The number of hydrogen-bond acceptors (Lipinski definition) is 4. The molecule has 156 valence electrons. The molecule has 2 aliphatic heterocycles. The summed E-state index contributed by atoms with van der Waals surface area (Å²) in [4.78, 5) is 16.0. The van der Waals surface area contributed by atoms with Gasteiger partial charge >= 0.3 is 0 Å². The summed E-state index contributed by atoms with van der Waals surface area (Å²) in [5, 5.41) is 16.7. The van der Waals surface area contributed by atoms with Crippen molar-refractivity contribution in [3.05, 3.63) is 47.4 Å². The smallest absolute Gasteiger partial charge is 0.219 e. The zero-order valence-electron chi connectivity index (χ0n) is 17.8. The van der Waals surface area contributed by atoms with Gasteiger partial charge in [0.1, 0.15) is 5.84 Å². The SMILES string of the molecule is CNC1=C(C(=N)N2CC3(CC3)c3cc(-c4cnn(C)c4)ccc32)CN(C(C)=O)CC1. The van der Waals surface area contributed by atoms with Crippen molar-refractivity contribution in [2.45, 2.75) is 31.6 Å². The maximum atomic E-state index is 12.0. The van der Waals surface area contributed by atoms with Gasteiger partial charge in [-0.2, -0.15) is 5.10 Å². The van der Waals surface area contributed by atoms with Crippen molar-refractivity contribution in [1.29, 1.82) is 5.41 Å². The number of nitrogens with zero attached hydrogens (tertiary/aromatic N) is 4. The summed E-state index contributed by atoms with van der Waals surface area (Å²) in [7, 11) is 3.84. The Morgan fingerprint density at radius 1 is 1.27 bits per heavy atom. The van der Waals surface area contributed by atoms with E-state index in [0.717, 1.165) is 48.3 Å². The molecule has 30 heavy (non-hydrogen) atoms. The molecular formula is C23H28N6O. The van der Waals surface area contributed by atoms with Crippen LogP contribution >= 0.6 is 0 Å². The molecule has 0 atom stereocenters. The van der Waals surface area contributed by atoms with Crippen molar-refractivity contribution in [3.8, 4) is 11.1 Å². The van der Waals surface area contributed by atoms with Crippen LogP contribution in [0.25, 0.3) is 11.1 Å². The van der Waals surface area contributed by atoms with Crippen LogP contribution in [0.2, 0.25) is 0 Å². The summed E-state index contributed by atoms with van der Waals surface area (Å²) >= 11 is 0. The molecule has 2 aromatic rings. The molecule has 0 saturated heterocycles. The normalized spacial score (nSPS) is 19.3. The number of carbonyl (C=O) groups excluding carboxylic acids is 1. The number of hydrogen-bond donors (Lipinski definition) is 2. The van der Waals surface area contributed by atoms with Crippen molar-refractivity contribution in [2.75, 3.05) is 31.6 Å². The minimum absolute atomic E-state index is 0.0667. The highest BCUT2D eigenvalue weighted by Crippen LogP contribution is 2.57. The number of nitrogens with one attached hydrogen (secondary N) is 2. The van der Waals surface area contributed by atoms with Crippen molar-refractivity contribution in [3.63, 3.8) is 0 Å². The quantitative estimate of drug-likeness (QED) is 0.609. The van der Waals surface area contributed by atoms with Crippen LogP contribution < -0.4 is 10.2 Å². The third-order valence-corrected chi connectivity index (χ3v) is 6.86. The predicted molar refractivity (Wildman–Crippen MR) is 118 cm³/mol. The van der Waals surface area contributed by atoms with E-state index >= 15 is 0 Å². The van der Waals surface area contributed by atoms with Gasteiger partial charge in [0, 0.05) is 74.7 Å². The Bertz CT molecular complexity index is 1080. The molecule has 0 bridgehead atoms. The van der Waals surface area contributed by atoms with Crippen LogP contribution in [-0.2, 0) is 17.3 Å². The van der Waals surface area contributed by atoms with Crippen molar-refractivity contribution >= 4 is 17.4 Å². The summed E-state index contributed by atoms with van der Waals surface area (Å²) in [6, 6.07) is 6.58. The zero-order chi connectivity index (χ0) is 21.0. The molecule has 1 aromatic heterocycles. The van der Waals surface area contributed by atoms with Crippen LogP contribution in [0, 0.1) is 5.41 Å². The summed E-state index contributed by atoms with van der Waals surface area (Å²) in [5.41, 5.74) is 6.94. The van der Waals surface area contributed by atoms with E-state index in [1.54, 1.807) is 6.92 Å². The highest BCUT2D eigenvalue weighted by Gasteiger charge is 2.52. The molecule has 7 nitrogen and oxygen atoms in total. The monoisotopic (exact) mass is 404 g/mol. The number of benzene rings is 1. The molecule has 3 aliphatic rings. The van der Waals surface area contributed by atoms with E-state index in [9.17, 15) is 4.79 Å². The van der Waals surface area contributed by atoms with E-state index in [0.29, 0.717) is 18.9 Å². The molecule has 1 aliphatic carbocycles. The van der Waals surface area contributed by atoms with E-state index in [-0.39, 0.29) is 11.3 Å². The Morgan fingerprint density at radius 2 is 2.07 bits per heavy atom. The summed E-state index contributed by atoms with van der Waals surface area (Å²) in [6.45, 7) is 3.66. The Kier molecular flexibility index (Phi) is 4.24. The first-order valence-corrected chi connectivity index (χ1v) is 10.6. The number of amidine groups is 1.